The summed E-state index contributed by atoms with van der Waals surface area (Å²) in [5.74, 6) is -0.169. The van der Waals surface area contributed by atoms with Crippen LogP contribution in [0.1, 0.15) is 41.7 Å². The molecule has 0 unspecified atom stereocenters. The Morgan fingerprint density at radius 1 is 1.00 bits per heavy atom. The summed E-state index contributed by atoms with van der Waals surface area (Å²) < 4.78 is 0. The lowest BCUT2D eigenvalue weighted by molar-refractivity contribution is -0.140. The van der Waals surface area contributed by atoms with Crippen molar-refractivity contribution in [1.29, 1.82) is 0 Å². The lowest BCUT2D eigenvalue weighted by Crippen LogP contribution is -2.48. The van der Waals surface area contributed by atoms with Crippen molar-refractivity contribution in [2.75, 3.05) is 6.54 Å². The highest BCUT2D eigenvalue weighted by Crippen LogP contribution is 2.15. The summed E-state index contributed by atoms with van der Waals surface area (Å²) in [6.07, 6.45) is 0.288. The number of aryl methyl sites for hydroxylation is 3. The van der Waals surface area contributed by atoms with Crippen molar-refractivity contribution in [3.63, 3.8) is 0 Å². The summed E-state index contributed by atoms with van der Waals surface area (Å²) in [7, 11) is 0. The van der Waals surface area contributed by atoms with Gasteiger partial charge in [-0.05, 0) is 56.9 Å². The molecule has 144 valence electrons. The maximum atomic E-state index is 13.1. The predicted octanol–water partition coefficient (Wildman–Crippen LogP) is 3.71. The van der Waals surface area contributed by atoms with Crippen LogP contribution in [-0.2, 0) is 22.6 Å². The number of rotatable bonds is 7. The zero-order chi connectivity index (χ0) is 20.0. The van der Waals surface area contributed by atoms with Crippen LogP contribution < -0.4 is 5.32 Å². The maximum Gasteiger partial charge on any atom is 0.242 e. The molecule has 0 saturated carbocycles. The molecule has 2 rings (SSSR count). The summed E-state index contributed by atoms with van der Waals surface area (Å²) in [4.78, 5) is 27.2. The molecule has 0 bridgehead atoms. The van der Waals surface area contributed by atoms with E-state index in [0.717, 1.165) is 16.7 Å². The summed E-state index contributed by atoms with van der Waals surface area (Å²) in [6.45, 7) is 10.8. The third kappa shape index (κ3) is 5.68. The van der Waals surface area contributed by atoms with Crippen molar-refractivity contribution in [3.8, 4) is 0 Å². The van der Waals surface area contributed by atoms with E-state index in [4.69, 9.17) is 0 Å². The molecule has 1 atom stereocenters. The smallest absolute Gasteiger partial charge is 0.242 e. The zero-order valence-corrected chi connectivity index (χ0v) is 17.0. The molecule has 2 aromatic rings. The fourth-order valence-corrected chi connectivity index (χ4v) is 3.10. The number of amides is 2. The van der Waals surface area contributed by atoms with Gasteiger partial charge in [0.2, 0.25) is 11.8 Å². The molecular formula is C23H30N2O2. The summed E-state index contributed by atoms with van der Waals surface area (Å²) >= 11 is 0. The fourth-order valence-electron chi connectivity index (χ4n) is 3.10. The van der Waals surface area contributed by atoms with Crippen molar-refractivity contribution >= 4 is 11.8 Å². The molecule has 27 heavy (non-hydrogen) atoms. The Morgan fingerprint density at radius 3 is 2.37 bits per heavy atom. The summed E-state index contributed by atoms with van der Waals surface area (Å²) in [5.41, 5.74) is 5.51. The van der Waals surface area contributed by atoms with E-state index in [1.54, 1.807) is 11.8 Å². The molecule has 0 radical (unpaired) electrons. The third-order valence-corrected chi connectivity index (χ3v) is 4.88. The Balaban J connectivity index is 2.25. The average Bonchev–Trinajstić information content (AvgIpc) is 2.62. The minimum Gasteiger partial charge on any atom is -0.355 e. The Kier molecular flexibility index (Phi) is 7.17. The molecular weight excluding hydrogens is 336 g/mol. The predicted molar refractivity (Wildman–Crippen MR) is 109 cm³/mol. The second kappa shape index (κ2) is 9.36. The van der Waals surface area contributed by atoms with E-state index in [-0.39, 0.29) is 18.2 Å². The molecule has 2 amide bonds. The van der Waals surface area contributed by atoms with Gasteiger partial charge in [-0.25, -0.2) is 0 Å². The highest BCUT2D eigenvalue weighted by molar-refractivity contribution is 5.88. The molecule has 1 N–H and O–H groups in total. The van der Waals surface area contributed by atoms with Gasteiger partial charge in [0.05, 0.1) is 6.42 Å². The van der Waals surface area contributed by atoms with Crippen LogP contribution in [0.15, 0.2) is 42.5 Å². The highest BCUT2D eigenvalue weighted by Gasteiger charge is 2.25. The van der Waals surface area contributed by atoms with Crippen LogP contribution in [0.25, 0.3) is 0 Å². The number of likely N-dealkylation sites (N-methyl/N-ethyl adjacent to an activating group) is 1. The van der Waals surface area contributed by atoms with Crippen LogP contribution in [0.5, 0.6) is 0 Å². The Hall–Kier alpha value is -2.62. The lowest BCUT2D eigenvalue weighted by atomic mass is 10.0. The largest absolute Gasteiger partial charge is 0.355 e. The van der Waals surface area contributed by atoms with Gasteiger partial charge >= 0.3 is 0 Å². The van der Waals surface area contributed by atoms with Crippen LogP contribution in [0.3, 0.4) is 0 Å². The van der Waals surface area contributed by atoms with E-state index in [2.05, 4.69) is 24.4 Å². The van der Waals surface area contributed by atoms with Crippen LogP contribution in [-0.4, -0.2) is 29.3 Å². The van der Waals surface area contributed by atoms with Crippen molar-refractivity contribution in [2.24, 2.45) is 0 Å². The number of benzene rings is 2. The number of hydrogen-bond acceptors (Lipinski definition) is 2. The standard InChI is InChI=1S/C23H30N2O2/c1-6-24-23(27)19(5)25(15-21-9-7-8-16(2)12-21)22(26)14-20-11-10-17(3)18(4)13-20/h7-13,19H,6,14-15H2,1-5H3,(H,24,27)/t19-/m0/s1. The molecule has 0 fully saturated rings. The van der Waals surface area contributed by atoms with E-state index in [1.165, 1.54) is 11.1 Å². The first kappa shape index (κ1) is 20.7. The zero-order valence-electron chi connectivity index (χ0n) is 17.0. The fraction of sp³-hybridized carbons (Fsp3) is 0.391. The van der Waals surface area contributed by atoms with Crippen LogP contribution >= 0.6 is 0 Å². The first-order valence-electron chi connectivity index (χ1n) is 9.50. The molecule has 0 aromatic heterocycles. The third-order valence-electron chi connectivity index (χ3n) is 4.88. The molecule has 0 heterocycles. The van der Waals surface area contributed by atoms with Crippen molar-refractivity contribution in [2.45, 2.75) is 53.6 Å². The van der Waals surface area contributed by atoms with Gasteiger partial charge in [0.15, 0.2) is 0 Å². The Bertz CT molecular complexity index is 814. The molecule has 4 nitrogen and oxygen atoms in total. The Morgan fingerprint density at radius 2 is 1.74 bits per heavy atom. The summed E-state index contributed by atoms with van der Waals surface area (Å²) in [6, 6.07) is 13.6. The lowest BCUT2D eigenvalue weighted by Gasteiger charge is -2.29. The van der Waals surface area contributed by atoms with E-state index >= 15 is 0 Å². The number of nitrogens with zero attached hydrogens (tertiary/aromatic N) is 1. The molecule has 0 aliphatic rings. The monoisotopic (exact) mass is 366 g/mol. The first-order chi connectivity index (χ1) is 12.8. The number of carbonyl (C=O) groups excluding carboxylic acids is 2. The van der Waals surface area contributed by atoms with E-state index in [1.807, 2.05) is 51.1 Å². The average molecular weight is 367 g/mol. The van der Waals surface area contributed by atoms with Gasteiger partial charge in [0.25, 0.3) is 0 Å². The SMILES string of the molecule is CCNC(=O)[C@H](C)N(Cc1cccc(C)c1)C(=O)Cc1ccc(C)c(C)c1. The quantitative estimate of drug-likeness (QED) is 0.812. The topological polar surface area (TPSA) is 49.4 Å². The molecule has 2 aromatic carbocycles. The molecule has 0 aliphatic heterocycles. The molecule has 0 spiro atoms. The first-order valence-corrected chi connectivity index (χ1v) is 9.50. The van der Waals surface area contributed by atoms with Gasteiger partial charge < -0.3 is 10.2 Å². The van der Waals surface area contributed by atoms with Gasteiger partial charge in [-0.15, -0.1) is 0 Å². The van der Waals surface area contributed by atoms with E-state index < -0.39 is 6.04 Å². The van der Waals surface area contributed by atoms with Gasteiger partial charge in [-0.2, -0.15) is 0 Å². The van der Waals surface area contributed by atoms with Gasteiger partial charge in [0, 0.05) is 13.1 Å². The van der Waals surface area contributed by atoms with Gasteiger partial charge in [-0.1, -0.05) is 48.0 Å². The van der Waals surface area contributed by atoms with E-state index in [9.17, 15) is 9.59 Å². The number of hydrogen-bond donors (Lipinski definition) is 1. The van der Waals surface area contributed by atoms with Gasteiger partial charge in [-0.3, -0.25) is 9.59 Å². The second-order valence-electron chi connectivity index (χ2n) is 7.18. The number of carbonyl (C=O) groups is 2. The van der Waals surface area contributed by atoms with Crippen LogP contribution in [0.2, 0.25) is 0 Å². The van der Waals surface area contributed by atoms with Crippen LogP contribution in [0, 0.1) is 20.8 Å². The molecule has 0 aliphatic carbocycles. The van der Waals surface area contributed by atoms with Crippen LogP contribution in [0.4, 0.5) is 0 Å². The minimum atomic E-state index is -0.524. The van der Waals surface area contributed by atoms with Crippen molar-refractivity contribution in [1.82, 2.24) is 10.2 Å². The minimum absolute atomic E-state index is 0.0430. The highest BCUT2D eigenvalue weighted by atomic mass is 16.2. The Labute approximate surface area is 162 Å². The molecule has 0 saturated heterocycles. The summed E-state index contributed by atoms with van der Waals surface area (Å²) in [5, 5.41) is 2.83. The maximum absolute atomic E-state index is 13.1. The van der Waals surface area contributed by atoms with Gasteiger partial charge in [0.1, 0.15) is 6.04 Å². The number of nitrogens with one attached hydrogen (secondary N) is 1. The van der Waals surface area contributed by atoms with Crippen molar-refractivity contribution < 1.29 is 9.59 Å². The van der Waals surface area contributed by atoms with E-state index in [0.29, 0.717) is 13.1 Å². The second-order valence-corrected chi connectivity index (χ2v) is 7.18. The normalized spacial score (nSPS) is 11.7. The van der Waals surface area contributed by atoms with Crippen molar-refractivity contribution in [3.05, 3.63) is 70.3 Å². The molecule has 4 heteroatoms.